The summed E-state index contributed by atoms with van der Waals surface area (Å²) in [6.07, 6.45) is 1.39. The molecule has 0 aliphatic carbocycles. The van der Waals surface area contributed by atoms with Gasteiger partial charge >= 0.3 is 0 Å². The van der Waals surface area contributed by atoms with Crippen molar-refractivity contribution in [3.05, 3.63) is 96.8 Å². The second-order valence-corrected chi connectivity index (χ2v) is 10.2. The van der Waals surface area contributed by atoms with Gasteiger partial charge in [-0.1, -0.05) is 18.2 Å². The lowest BCUT2D eigenvalue weighted by Crippen LogP contribution is -2.24. The first-order valence-corrected chi connectivity index (χ1v) is 12.5. The second-order valence-electron chi connectivity index (χ2n) is 6.76. The van der Waals surface area contributed by atoms with Gasteiger partial charge in [-0.25, -0.2) is 25.9 Å². The summed E-state index contributed by atoms with van der Waals surface area (Å²) in [5.74, 6) is -1.16. The summed E-state index contributed by atoms with van der Waals surface area (Å²) in [5, 5.41) is 2.58. The van der Waals surface area contributed by atoms with Gasteiger partial charge in [0.2, 0.25) is 10.0 Å². The molecule has 0 unspecified atom stereocenters. The van der Waals surface area contributed by atoms with Gasteiger partial charge in [0.15, 0.2) is 0 Å². The largest absolute Gasteiger partial charge is 0.322 e. The standard InChI is InChI=1S/C22H20FN3O5S2/c1-2-13-24-32(28,29)21-8-3-5-16(14-21)22(27)25-18-9-11-20(12-10-18)33(30,31)26-19-7-4-6-17(23)15-19/h2-12,14-15,24,26H,1,13H2,(H,25,27). The van der Waals surface area contributed by atoms with Gasteiger partial charge in [0.25, 0.3) is 15.9 Å². The molecule has 172 valence electrons. The highest BCUT2D eigenvalue weighted by Gasteiger charge is 2.17. The maximum absolute atomic E-state index is 13.3. The number of benzene rings is 3. The van der Waals surface area contributed by atoms with Crippen LogP contribution in [0.2, 0.25) is 0 Å². The van der Waals surface area contributed by atoms with Crippen LogP contribution in [0.15, 0.2) is 95.2 Å². The van der Waals surface area contributed by atoms with Crippen LogP contribution in [0.25, 0.3) is 0 Å². The first-order chi connectivity index (χ1) is 15.6. The smallest absolute Gasteiger partial charge is 0.261 e. The van der Waals surface area contributed by atoms with E-state index < -0.39 is 31.8 Å². The Morgan fingerprint density at radius 1 is 0.848 bits per heavy atom. The fourth-order valence-corrected chi connectivity index (χ4v) is 4.84. The summed E-state index contributed by atoms with van der Waals surface area (Å²) in [4.78, 5) is 12.4. The molecule has 3 aromatic rings. The second kappa shape index (κ2) is 9.94. The molecule has 11 heteroatoms. The Bertz CT molecular complexity index is 1390. The summed E-state index contributed by atoms with van der Waals surface area (Å²) in [6.45, 7) is 3.49. The first kappa shape index (κ1) is 24.1. The molecule has 0 heterocycles. The van der Waals surface area contributed by atoms with Gasteiger partial charge in [0, 0.05) is 17.8 Å². The average molecular weight is 490 g/mol. The van der Waals surface area contributed by atoms with Crippen molar-refractivity contribution in [1.29, 1.82) is 0 Å². The Labute approximate surface area is 191 Å². The Morgan fingerprint density at radius 2 is 1.55 bits per heavy atom. The molecule has 3 N–H and O–H groups in total. The van der Waals surface area contributed by atoms with Crippen LogP contribution in [0.1, 0.15) is 10.4 Å². The number of rotatable bonds is 9. The minimum absolute atomic E-state index is 0.0437. The summed E-state index contributed by atoms with van der Waals surface area (Å²) in [7, 11) is -7.77. The van der Waals surface area contributed by atoms with Gasteiger partial charge in [0.1, 0.15) is 5.82 Å². The predicted molar refractivity (Wildman–Crippen MR) is 123 cm³/mol. The minimum atomic E-state index is -3.97. The van der Waals surface area contributed by atoms with Crippen molar-refractivity contribution in [2.75, 3.05) is 16.6 Å². The third-order valence-electron chi connectivity index (χ3n) is 4.32. The van der Waals surface area contributed by atoms with Crippen molar-refractivity contribution in [3.8, 4) is 0 Å². The third-order valence-corrected chi connectivity index (χ3v) is 7.14. The molecular formula is C22H20FN3O5S2. The van der Waals surface area contributed by atoms with E-state index in [4.69, 9.17) is 0 Å². The highest BCUT2D eigenvalue weighted by molar-refractivity contribution is 7.92. The number of halogens is 1. The molecule has 8 nitrogen and oxygen atoms in total. The van der Waals surface area contributed by atoms with Crippen molar-refractivity contribution in [1.82, 2.24) is 4.72 Å². The molecule has 0 fully saturated rings. The molecule has 0 aliphatic heterocycles. The molecule has 0 radical (unpaired) electrons. The molecule has 0 saturated carbocycles. The van der Waals surface area contributed by atoms with Crippen LogP contribution in [-0.4, -0.2) is 29.3 Å². The van der Waals surface area contributed by atoms with Gasteiger partial charge in [-0.15, -0.1) is 6.58 Å². The summed E-state index contributed by atoms with van der Waals surface area (Å²) < 4.78 is 67.3. The predicted octanol–water partition coefficient (Wildman–Crippen LogP) is 3.34. The van der Waals surface area contributed by atoms with Gasteiger partial charge < -0.3 is 5.32 Å². The van der Waals surface area contributed by atoms with Crippen LogP contribution in [0.5, 0.6) is 0 Å². The molecule has 0 bridgehead atoms. The lowest BCUT2D eigenvalue weighted by Gasteiger charge is -2.10. The maximum atomic E-state index is 13.3. The lowest BCUT2D eigenvalue weighted by molar-refractivity contribution is 0.102. The van der Waals surface area contributed by atoms with E-state index in [-0.39, 0.29) is 27.6 Å². The van der Waals surface area contributed by atoms with E-state index in [0.29, 0.717) is 5.69 Å². The van der Waals surface area contributed by atoms with Gasteiger partial charge in [-0.2, -0.15) is 0 Å². The number of sulfonamides is 2. The third kappa shape index (κ3) is 6.25. The minimum Gasteiger partial charge on any atom is -0.322 e. The maximum Gasteiger partial charge on any atom is 0.261 e. The SMILES string of the molecule is C=CCNS(=O)(=O)c1cccc(C(=O)Nc2ccc(S(=O)(=O)Nc3cccc(F)c3)cc2)c1. The highest BCUT2D eigenvalue weighted by Crippen LogP contribution is 2.20. The lowest BCUT2D eigenvalue weighted by atomic mass is 10.2. The number of amides is 1. The zero-order chi connectivity index (χ0) is 24.1. The average Bonchev–Trinajstić information content (AvgIpc) is 2.78. The number of anilines is 2. The molecule has 0 atom stereocenters. The molecule has 0 aliphatic rings. The molecule has 3 rings (SSSR count). The fourth-order valence-electron chi connectivity index (χ4n) is 2.74. The quantitative estimate of drug-likeness (QED) is 0.398. The molecule has 1 amide bonds. The monoisotopic (exact) mass is 489 g/mol. The topological polar surface area (TPSA) is 121 Å². The van der Waals surface area contributed by atoms with Crippen LogP contribution in [0, 0.1) is 5.82 Å². The van der Waals surface area contributed by atoms with E-state index >= 15 is 0 Å². The Balaban J connectivity index is 1.73. The van der Waals surface area contributed by atoms with Gasteiger partial charge in [0.05, 0.1) is 15.5 Å². The van der Waals surface area contributed by atoms with Crippen molar-refractivity contribution in [2.24, 2.45) is 0 Å². The van der Waals surface area contributed by atoms with Crippen LogP contribution >= 0.6 is 0 Å². The van der Waals surface area contributed by atoms with E-state index in [1.54, 1.807) is 0 Å². The zero-order valence-electron chi connectivity index (χ0n) is 17.2. The van der Waals surface area contributed by atoms with Crippen molar-refractivity contribution >= 4 is 37.3 Å². The van der Waals surface area contributed by atoms with Gasteiger partial charge in [-0.3, -0.25) is 9.52 Å². The number of carbonyl (C=O) groups is 1. The van der Waals surface area contributed by atoms with Gasteiger partial charge in [-0.05, 0) is 60.7 Å². The molecule has 0 saturated heterocycles. The van der Waals surface area contributed by atoms with E-state index in [2.05, 4.69) is 21.3 Å². The van der Waals surface area contributed by atoms with Crippen molar-refractivity contribution in [3.63, 3.8) is 0 Å². The van der Waals surface area contributed by atoms with Crippen molar-refractivity contribution in [2.45, 2.75) is 9.79 Å². The molecule has 33 heavy (non-hydrogen) atoms. The number of hydrogen-bond acceptors (Lipinski definition) is 5. The number of hydrogen-bond donors (Lipinski definition) is 3. The number of carbonyl (C=O) groups excluding carboxylic acids is 1. The van der Waals surface area contributed by atoms with E-state index in [0.717, 1.165) is 6.07 Å². The van der Waals surface area contributed by atoms with Crippen LogP contribution in [0.4, 0.5) is 15.8 Å². The van der Waals surface area contributed by atoms with Crippen LogP contribution < -0.4 is 14.8 Å². The molecule has 3 aromatic carbocycles. The zero-order valence-corrected chi connectivity index (χ0v) is 18.8. The van der Waals surface area contributed by atoms with E-state index in [9.17, 15) is 26.0 Å². The van der Waals surface area contributed by atoms with Crippen molar-refractivity contribution < 1.29 is 26.0 Å². The van der Waals surface area contributed by atoms with E-state index in [1.807, 2.05) is 0 Å². The summed E-state index contributed by atoms with van der Waals surface area (Å²) in [5.41, 5.74) is 0.466. The molecule has 0 spiro atoms. The summed E-state index contributed by atoms with van der Waals surface area (Å²) in [6, 6.07) is 15.8. The van der Waals surface area contributed by atoms with Crippen LogP contribution in [-0.2, 0) is 20.0 Å². The Kier molecular flexibility index (Phi) is 7.26. The Morgan fingerprint density at radius 3 is 2.21 bits per heavy atom. The number of nitrogens with one attached hydrogen (secondary N) is 3. The van der Waals surface area contributed by atoms with Crippen LogP contribution in [0.3, 0.4) is 0 Å². The fraction of sp³-hybridized carbons (Fsp3) is 0.0455. The normalized spacial score (nSPS) is 11.5. The first-order valence-electron chi connectivity index (χ1n) is 9.51. The highest BCUT2D eigenvalue weighted by atomic mass is 32.2. The Hall–Kier alpha value is -3.54. The molecule has 0 aromatic heterocycles. The molecular weight excluding hydrogens is 469 g/mol. The van der Waals surface area contributed by atoms with E-state index in [1.165, 1.54) is 72.8 Å². The summed E-state index contributed by atoms with van der Waals surface area (Å²) >= 11 is 0.